The number of morpholine rings is 4. The Hall–Kier alpha value is -11.1. The number of aliphatic carboxylic acids is 4. The molecular weight excluding hydrogens is 2070 g/mol. The third-order valence-corrected chi connectivity index (χ3v) is 29.8. The lowest BCUT2D eigenvalue weighted by Crippen LogP contribution is -2.52. The van der Waals surface area contributed by atoms with Gasteiger partial charge in [-0.15, -0.1) is 45.3 Å². The van der Waals surface area contributed by atoms with Crippen LogP contribution in [0.15, 0.2) is 184 Å². The molecule has 8 N–H and O–H groups in total. The number of aromatic nitrogens is 4. The van der Waals surface area contributed by atoms with Crippen LogP contribution in [0.4, 0.5) is 13.2 Å². The van der Waals surface area contributed by atoms with Gasteiger partial charge in [0.1, 0.15) is 41.6 Å². The number of nitrogens with one attached hydrogen (secondary N) is 4. The highest BCUT2D eigenvalue weighted by atomic mass is 35.5. The molecule has 0 bridgehead atoms. The number of aliphatic imine (C=N–C) groups is 4. The molecule has 0 aliphatic carbocycles. The minimum absolute atomic E-state index is 0.0153. The number of thiazole rings is 4. The first-order valence-electron chi connectivity index (χ1n) is 45.7. The van der Waals surface area contributed by atoms with Crippen molar-refractivity contribution < 1.29 is 110 Å². The van der Waals surface area contributed by atoms with Gasteiger partial charge in [0.2, 0.25) is 0 Å². The van der Waals surface area contributed by atoms with Crippen molar-refractivity contribution in [1.82, 2.24) is 60.8 Å². The highest BCUT2D eigenvalue weighted by molar-refractivity contribution is 7.12. The lowest BCUT2D eigenvalue weighted by atomic mass is 9.85. The highest BCUT2D eigenvalue weighted by Gasteiger charge is 2.45. The maximum Gasteiger partial charge on any atom is 0.338 e. The molecule has 16 rings (SSSR count). The van der Waals surface area contributed by atoms with Crippen LogP contribution in [0.5, 0.6) is 0 Å². The third-order valence-electron chi connectivity index (χ3n) is 25.0. The van der Waals surface area contributed by atoms with Crippen LogP contribution in [0.1, 0.15) is 133 Å². The van der Waals surface area contributed by atoms with Gasteiger partial charge in [0.25, 0.3) is 0 Å². The number of hydrogen-bond donors (Lipinski definition) is 8. The molecule has 3 unspecified atom stereocenters. The van der Waals surface area contributed by atoms with Crippen molar-refractivity contribution in [3.63, 3.8) is 0 Å². The van der Waals surface area contributed by atoms with Gasteiger partial charge in [0.05, 0.1) is 135 Å². The molecule has 48 heteroatoms. The van der Waals surface area contributed by atoms with E-state index in [4.69, 9.17) is 116 Å². The van der Waals surface area contributed by atoms with Crippen molar-refractivity contribution in [2.24, 2.45) is 37.2 Å². The molecule has 0 amide bonds. The first-order valence-corrected chi connectivity index (χ1v) is 51.1. The number of ether oxygens (including phenoxy) is 8. The van der Waals surface area contributed by atoms with Crippen molar-refractivity contribution in [2.45, 2.75) is 121 Å². The van der Waals surface area contributed by atoms with Crippen LogP contribution in [-0.4, -0.2) is 288 Å². The Bertz CT molecular complexity index is 6280. The van der Waals surface area contributed by atoms with Crippen LogP contribution in [0.25, 0.3) is 0 Å². The minimum Gasteiger partial charge on any atom is -0.481 e. The van der Waals surface area contributed by atoms with Gasteiger partial charge < -0.3 is 79.6 Å². The molecule has 8 aliphatic heterocycles. The fourth-order valence-corrected chi connectivity index (χ4v) is 21.0. The Morgan fingerprint density at radius 3 is 1.23 bits per heavy atom. The summed E-state index contributed by atoms with van der Waals surface area (Å²) in [4.78, 5) is 143. The van der Waals surface area contributed by atoms with Crippen molar-refractivity contribution in [3.8, 4) is 0 Å². The molecule has 36 nitrogen and oxygen atoms in total. The molecule has 12 heterocycles. The zero-order valence-corrected chi connectivity index (χ0v) is 86.9. The van der Waals surface area contributed by atoms with Gasteiger partial charge in [0, 0.05) is 185 Å². The van der Waals surface area contributed by atoms with Crippen molar-refractivity contribution in [1.29, 1.82) is 0 Å². The summed E-state index contributed by atoms with van der Waals surface area (Å²) in [6, 6.07) is 14.1. The summed E-state index contributed by atoms with van der Waals surface area (Å²) < 4.78 is 86.6. The Kier molecular flexibility index (Phi) is 39.5. The summed E-state index contributed by atoms with van der Waals surface area (Å²) in [5, 5.41) is 60.8. The number of carbonyl (C=O) groups excluding carboxylic acids is 4. The van der Waals surface area contributed by atoms with E-state index in [0.29, 0.717) is 215 Å². The molecule has 0 spiro atoms. The van der Waals surface area contributed by atoms with Crippen LogP contribution in [-0.2, 0) is 76.3 Å². The van der Waals surface area contributed by atoms with E-state index in [1.165, 1.54) is 110 Å². The summed E-state index contributed by atoms with van der Waals surface area (Å²) in [6.07, 6.45) is 7.62. The summed E-state index contributed by atoms with van der Waals surface area (Å²) in [5.74, 6) is -7.16. The standard InChI is InChI=1S/C25H28Cl2N4O5S.3C24H26ClFN4O5S/c1-25(2,24(33)34)11-15-13-36-8-7-31(15)12-18-19(23(32)35-3)20(16-5-4-14(26)10-17(16)27)30-21(29-18)22-28-6-9-37-22;1-13(23(31)32)10-14-12-35-8-7-30(14)11-17-18(24(33)34-2)20(15-4-3-5-16(26)19(15)25)29-21(28-17)22-27-6-9-36-22;1-13(23(31)32)10-14-11-30(7-8-35-14)12-17-18(24(33)34-2)20(15-4-3-5-16(26)19(15)25)29-21(28-17)22-27-6-9-36-22;1-13-17(6-7-18(31)32)30(9-10-35-13)12-16-19(24(33)34-2)21(14-4-3-5-15(26)20(14)25)29-22(28-16)23-27-8-11-36-23/h4-6,9-10,15,20H,7-8,11-13H2,1-3H3,(H,29,30)(H,33,34);2*3-6,9,13-14,20H,7-8,10-12H2,1-2H3,(H,28,29)(H,31,32);3-5,8,11,13,17,21H,6-7,9-10,12H2,1-2H3,(H,28,29)(H,31,32)/t15?,20-;2*13?,14-,20+;13-,17-,21+/m0111/s1. The Morgan fingerprint density at radius 1 is 0.483 bits per heavy atom. The lowest BCUT2D eigenvalue weighted by Gasteiger charge is -2.41. The summed E-state index contributed by atoms with van der Waals surface area (Å²) >= 11 is 37.2. The number of esters is 4. The van der Waals surface area contributed by atoms with Crippen LogP contribution in [0.2, 0.25) is 25.1 Å². The van der Waals surface area contributed by atoms with E-state index in [-0.39, 0.29) is 81.6 Å². The van der Waals surface area contributed by atoms with Crippen LogP contribution >= 0.6 is 103 Å². The Morgan fingerprint density at radius 2 is 0.855 bits per heavy atom. The number of halogens is 8. The van der Waals surface area contributed by atoms with Crippen LogP contribution < -0.4 is 21.3 Å². The zero-order chi connectivity index (χ0) is 104. The van der Waals surface area contributed by atoms with Gasteiger partial charge in [-0.25, -0.2) is 52.3 Å². The molecule has 11 atom stereocenters. The number of nitrogens with zero attached hydrogens (tertiary/aromatic N) is 12. The molecule has 8 aromatic rings. The van der Waals surface area contributed by atoms with E-state index in [1.54, 1.807) is 105 Å². The molecule has 145 heavy (non-hydrogen) atoms. The maximum atomic E-state index is 14.4. The predicted molar refractivity (Wildman–Crippen MR) is 540 cm³/mol. The fourth-order valence-electron chi connectivity index (χ4n) is 17.5. The lowest BCUT2D eigenvalue weighted by molar-refractivity contribution is -0.149. The molecule has 4 saturated heterocycles. The largest absolute Gasteiger partial charge is 0.481 e. The maximum absolute atomic E-state index is 14.4. The van der Waals surface area contributed by atoms with E-state index in [9.17, 15) is 72.0 Å². The number of carboxylic acids is 4. The molecule has 4 aromatic heterocycles. The molecule has 0 radical (unpaired) electrons. The number of carbonyl (C=O) groups is 8. The molecular formula is C97H106Cl5F3N16O20S4. The van der Waals surface area contributed by atoms with E-state index in [0.717, 1.165) is 0 Å². The molecule has 8 aliphatic rings. The number of amidine groups is 4. The van der Waals surface area contributed by atoms with Crippen molar-refractivity contribution in [2.75, 3.05) is 127 Å². The first kappa shape index (κ1) is 111. The molecule has 4 fully saturated rings. The minimum atomic E-state index is -0.948. The third kappa shape index (κ3) is 27.9. The van der Waals surface area contributed by atoms with Crippen LogP contribution in [0, 0.1) is 34.7 Å². The Balaban J connectivity index is 0.000000162. The molecule has 774 valence electrons. The van der Waals surface area contributed by atoms with E-state index < -0.39 is 107 Å². The predicted octanol–water partition coefficient (Wildman–Crippen LogP) is 14.1. The number of benzene rings is 4. The summed E-state index contributed by atoms with van der Waals surface area (Å²) in [7, 11) is 5.13. The zero-order valence-electron chi connectivity index (χ0n) is 79.9. The SMILES string of the molecule is COC(=O)C1=C(CN2CCOCC2CC(C)(C)C(=O)O)NC(c2nccs2)=N[C@H]1c1ccc(Cl)cc1Cl.COC(=O)C1=C(CN2CCOC[C@H]2CC(C)C(=O)O)NC(c2nccs2)=N[C@H]1c1cccc(F)c1Cl.COC(=O)C1=C(CN2CCO[C@H](C)[C@H]2CCC(=O)O)NC(c2nccs2)=N[C@H]1c1cccc(F)c1Cl.COC(=O)C1=C(CN2CCO[C@H](CC(C)C(=O)O)C2)NC(c2nccs2)=N[C@H]1c1cccc(F)c1Cl. The summed E-state index contributed by atoms with van der Waals surface area (Å²) in [6.45, 7) is 15.0. The van der Waals surface area contributed by atoms with Crippen molar-refractivity contribution >= 4 is 174 Å². The second-order valence-corrected chi connectivity index (χ2v) is 40.6. The second kappa shape index (κ2) is 51.5. The quantitative estimate of drug-likeness (QED) is 0.0143. The average molecular weight is 2180 g/mol. The number of methoxy groups -OCH3 is 4. The number of hydrogen-bond acceptors (Lipinski definition) is 36. The Labute approximate surface area is 873 Å². The fraction of sp³-hybridized carbons (Fsp3) is 0.423. The smallest absolute Gasteiger partial charge is 0.338 e. The number of rotatable bonds is 32. The summed E-state index contributed by atoms with van der Waals surface area (Å²) in [5.41, 5.74) is 3.67. The van der Waals surface area contributed by atoms with Gasteiger partial charge >= 0.3 is 47.8 Å². The van der Waals surface area contributed by atoms with E-state index in [2.05, 4.69) is 60.8 Å². The monoisotopic (exact) mass is 2170 g/mol. The van der Waals surface area contributed by atoms with E-state index in [1.807, 2.05) is 12.3 Å². The topological polar surface area (TPSA) is 453 Å². The second-order valence-electron chi connectivity index (χ2n) is 35.0. The highest BCUT2D eigenvalue weighted by Crippen LogP contribution is 2.45. The van der Waals surface area contributed by atoms with Gasteiger partial charge in [-0.1, -0.05) is 114 Å². The van der Waals surface area contributed by atoms with Crippen molar-refractivity contribution in [3.05, 3.63) is 249 Å². The normalized spacial score (nSPS) is 21.6. The van der Waals surface area contributed by atoms with Gasteiger partial charge in [-0.3, -0.25) is 58.7 Å². The van der Waals surface area contributed by atoms with Gasteiger partial charge in [-0.05, 0) is 76.8 Å². The number of carboxylic acid groups (broad SMARTS) is 4. The molecule has 4 aromatic carbocycles. The van der Waals surface area contributed by atoms with Crippen LogP contribution in [0.3, 0.4) is 0 Å². The average Bonchev–Trinajstić information content (AvgIpc) is 1.77. The van der Waals surface area contributed by atoms with E-state index >= 15 is 0 Å². The van der Waals surface area contributed by atoms with Gasteiger partial charge in [0.15, 0.2) is 43.4 Å². The van der Waals surface area contributed by atoms with Gasteiger partial charge in [-0.2, -0.15) is 0 Å². The first-order chi connectivity index (χ1) is 69.5. The molecule has 0 saturated carbocycles.